The summed E-state index contributed by atoms with van der Waals surface area (Å²) in [4.78, 5) is 61.6. The van der Waals surface area contributed by atoms with Gasteiger partial charge in [-0.05, 0) is 13.8 Å². The number of aliphatic hydroxyl groups is 3. The van der Waals surface area contributed by atoms with E-state index in [1.807, 2.05) is 0 Å². The number of nitrogens with one attached hydrogen (secondary N) is 1. The summed E-state index contributed by atoms with van der Waals surface area (Å²) < 4.78 is 9.56. The van der Waals surface area contributed by atoms with E-state index in [-0.39, 0.29) is 0 Å². The number of aromatic nitrogens is 4. The molecule has 1 fully saturated rings. The number of halogens is 1. The summed E-state index contributed by atoms with van der Waals surface area (Å²) in [5.74, 6) is -7.90. The largest absolute Gasteiger partial charge is 0.441 e. The Hall–Kier alpha value is -2.84. The molecular formula is C18H21ClN4O9. The molecule has 0 aliphatic carbocycles. The van der Waals surface area contributed by atoms with Crippen molar-refractivity contribution in [3.05, 3.63) is 17.8 Å². The number of ketones is 3. The lowest BCUT2D eigenvalue weighted by atomic mass is 9.66. The van der Waals surface area contributed by atoms with Gasteiger partial charge in [-0.1, -0.05) is 11.6 Å². The molecule has 1 aliphatic rings. The van der Waals surface area contributed by atoms with Crippen LogP contribution in [0.15, 0.2) is 12.7 Å². The number of fused-ring (bicyclic) bond motifs is 1. The number of rotatable bonds is 4. The highest BCUT2D eigenvalue weighted by atomic mass is 35.5. The van der Waals surface area contributed by atoms with E-state index in [0.29, 0.717) is 16.3 Å². The number of hydrogen-bond donors (Lipinski definition) is 4. The highest BCUT2D eigenvalue weighted by Gasteiger charge is 2.78. The molecule has 0 bridgehead atoms. The van der Waals surface area contributed by atoms with Crippen molar-refractivity contribution >= 4 is 46.1 Å². The molecule has 4 atom stereocenters. The number of aliphatic hydroxyl groups excluding tert-OH is 1. The number of H-pyrrole nitrogens is 1. The zero-order chi connectivity index (χ0) is 24.5. The first-order valence-corrected chi connectivity index (χ1v) is 9.42. The fourth-order valence-corrected chi connectivity index (χ4v) is 3.61. The molecule has 0 saturated carbocycles. The van der Waals surface area contributed by atoms with E-state index in [1.165, 1.54) is 12.7 Å². The van der Waals surface area contributed by atoms with Gasteiger partial charge in [0.1, 0.15) is 17.9 Å². The van der Waals surface area contributed by atoms with Gasteiger partial charge in [-0.2, -0.15) is 0 Å². The minimum Gasteiger partial charge on any atom is -0.441 e. The molecule has 3 rings (SSSR count). The Morgan fingerprint density at radius 2 is 1.72 bits per heavy atom. The van der Waals surface area contributed by atoms with Gasteiger partial charge in [0.15, 0.2) is 28.2 Å². The van der Waals surface area contributed by atoms with E-state index in [9.17, 15) is 34.5 Å². The van der Waals surface area contributed by atoms with E-state index in [2.05, 4.69) is 19.9 Å². The smallest absolute Gasteiger partial charge is 0.303 e. The van der Waals surface area contributed by atoms with Gasteiger partial charge in [-0.25, -0.2) is 15.0 Å². The molecule has 0 amide bonds. The van der Waals surface area contributed by atoms with E-state index >= 15 is 0 Å². The quantitative estimate of drug-likeness (QED) is 0.308. The van der Waals surface area contributed by atoms with E-state index in [0.717, 1.165) is 27.7 Å². The second kappa shape index (κ2) is 8.96. The van der Waals surface area contributed by atoms with Crippen molar-refractivity contribution in [1.29, 1.82) is 0 Å². The Bertz CT molecular complexity index is 1080. The van der Waals surface area contributed by atoms with Crippen LogP contribution in [-0.4, -0.2) is 88.3 Å². The number of ether oxygens (including phenoxy) is 2. The van der Waals surface area contributed by atoms with Gasteiger partial charge in [0.05, 0.1) is 12.9 Å². The van der Waals surface area contributed by atoms with Gasteiger partial charge in [0.25, 0.3) is 11.4 Å². The fraction of sp³-hybridized carbons (Fsp3) is 0.500. The number of Topliss-reactive ketones (excluding diaryl/α,β-unsaturated/α-hetero) is 3. The first-order valence-electron chi connectivity index (χ1n) is 9.04. The van der Waals surface area contributed by atoms with E-state index in [1.54, 1.807) is 0 Å². The van der Waals surface area contributed by atoms with Crippen LogP contribution in [0.1, 0.15) is 27.7 Å². The van der Waals surface area contributed by atoms with Gasteiger partial charge in [0.2, 0.25) is 5.60 Å². The molecule has 32 heavy (non-hydrogen) atoms. The summed E-state index contributed by atoms with van der Waals surface area (Å²) >= 11 is 5.68. The Morgan fingerprint density at radius 1 is 1.09 bits per heavy atom. The zero-order valence-corrected chi connectivity index (χ0v) is 18.2. The lowest BCUT2D eigenvalue weighted by molar-refractivity contribution is -0.353. The van der Waals surface area contributed by atoms with Crippen molar-refractivity contribution < 1.29 is 44.0 Å². The van der Waals surface area contributed by atoms with Crippen LogP contribution in [0, 0.1) is 0 Å². The van der Waals surface area contributed by atoms with Crippen molar-refractivity contribution in [2.75, 3.05) is 6.61 Å². The summed E-state index contributed by atoms with van der Waals surface area (Å²) in [6, 6.07) is 0. The van der Waals surface area contributed by atoms with E-state index < -0.39 is 53.0 Å². The molecule has 13 nitrogen and oxygen atoms in total. The third kappa shape index (κ3) is 3.78. The maximum Gasteiger partial charge on any atom is 0.303 e. The third-order valence-electron chi connectivity index (χ3n) is 4.93. The molecule has 0 radical (unpaired) electrons. The molecule has 2 aromatic rings. The number of esters is 1. The van der Waals surface area contributed by atoms with Gasteiger partial charge in [0, 0.05) is 13.8 Å². The van der Waals surface area contributed by atoms with Crippen LogP contribution in [0.25, 0.3) is 11.2 Å². The lowest BCUT2D eigenvalue weighted by Gasteiger charge is -2.54. The predicted molar refractivity (Wildman–Crippen MR) is 105 cm³/mol. The third-order valence-corrected chi connectivity index (χ3v) is 5.22. The normalized spacial score (nSPS) is 29.6. The van der Waals surface area contributed by atoms with Crippen molar-refractivity contribution in [3.63, 3.8) is 0 Å². The van der Waals surface area contributed by atoms with Crippen LogP contribution in [0.2, 0.25) is 5.15 Å². The number of nitrogens with zero attached hydrogens (tertiary/aromatic N) is 3. The van der Waals surface area contributed by atoms with Crippen LogP contribution < -0.4 is 0 Å². The number of aromatic amines is 1. The average molecular weight is 473 g/mol. The Kier molecular flexibility index (Phi) is 7.11. The monoisotopic (exact) mass is 472 g/mol. The number of hydrogen-bond acceptors (Lipinski definition) is 12. The predicted octanol–water partition coefficient (Wildman–Crippen LogP) is -1.13. The molecule has 4 N–H and O–H groups in total. The molecule has 0 aromatic carbocycles. The molecular weight excluding hydrogens is 452 g/mol. The first-order chi connectivity index (χ1) is 14.8. The van der Waals surface area contributed by atoms with Crippen LogP contribution in [0.4, 0.5) is 0 Å². The molecule has 174 valence electrons. The lowest BCUT2D eigenvalue weighted by Crippen LogP contribution is -2.84. The summed E-state index contributed by atoms with van der Waals surface area (Å²) in [6.07, 6.45) is 0.907. The highest BCUT2D eigenvalue weighted by Crippen LogP contribution is 2.45. The summed E-state index contributed by atoms with van der Waals surface area (Å²) in [5.41, 5.74) is -4.89. The minimum absolute atomic E-state index is 0.405. The van der Waals surface area contributed by atoms with Gasteiger partial charge in [-0.3, -0.25) is 19.2 Å². The van der Waals surface area contributed by atoms with Crippen molar-refractivity contribution in [3.8, 4) is 0 Å². The highest BCUT2D eigenvalue weighted by molar-refractivity contribution is 6.33. The maximum atomic E-state index is 12.1. The SMILES string of the molecule is CC(=O)O[C@]1(C(C)=O)C(O)(C(C)=O)OC[C@@H](O)[C@]1(O)C(C)=O.Clc1ncnc2nc[nH]c12. The fourth-order valence-electron chi connectivity index (χ4n) is 3.42. The van der Waals surface area contributed by atoms with Gasteiger partial charge >= 0.3 is 5.97 Å². The number of carbonyl (C=O) groups excluding carboxylic acids is 4. The second-order valence-corrected chi connectivity index (χ2v) is 7.30. The molecule has 2 aromatic heterocycles. The average Bonchev–Trinajstić information content (AvgIpc) is 3.18. The maximum absolute atomic E-state index is 12.1. The Labute approximate surface area is 185 Å². The van der Waals surface area contributed by atoms with Crippen molar-refractivity contribution in [2.24, 2.45) is 0 Å². The topological polar surface area (TPSA) is 202 Å². The van der Waals surface area contributed by atoms with Crippen LogP contribution in [0.5, 0.6) is 0 Å². The number of imidazole rings is 1. The molecule has 1 aliphatic heterocycles. The van der Waals surface area contributed by atoms with E-state index in [4.69, 9.17) is 21.1 Å². The molecule has 3 heterocycles. The summed E-state index contributed by atoms with van der Waals surface area (Å²) in [6.45, 7) is 2.43. The summed E-state index contributed by atoms with van der Waals surface area (Å²) in [7, 11) is 0. The van der Waals surface area contributed by atoms with Crippen LogP contribution in [0.3, 0.4) is 0 Å². The molecule has 0 spiro atoms. The zero-order valence-electron chi connectivity index (χ0n) is 17.4. The Morgan fingerprint density at radius 3 is 2.19 bits per heavy atom. The standard InChI is InChI=1S/C13H18O9.C5H3ClN4/c1-6(14)11(19)10(18)5-21-13(20,8(3)16)12(11,7(2)15)22-9(4)17;6-4-3-5(9-1-7-3)10-2-8-4/h10,18-20H,5H2,1-4H3;1-2H,(H,7,8,9,10)/t10-,11-,12+,13?;/m1./s1. The van der Waals surface area contributed by atoms with Gasteiger partial charge < -0.3 is 29.8 Å². The number of carbonyl (C=O) groups is 4. The summed E-state index contributed by atoms with van der Waals surface area (Å²) in [5, 5.41) is 31.5. The van der Waals surface area contributed by atoms with Crippen molar-refractivity contribution in [2.45, 2.75) is 50.8 Å². The first kappa shape index (κ1) is 25.4. The van der Waals surface area contributed by atoms with Gasteiger partial charge in [-0.15, -0.1) is 0 Å². The molecule has 1 unspecified atom stereocenters. The molecule has 1 saturated heterocycles. The Balaban J connectivity index is 0.000000297. The minimum atomic E-state index is -3.12. The molecule has 14 heteroatoms. The van der Waals surface area contributed by atoms with Crippen LogP contribution in [-0.2, 0) is 28.7 Å². The second-order valence-electron chi connectivity index (χ2n) is 6.95. The van der Waals surface area contributed by atoms with Crippen LogP contribution >= 0.6 is 11.6 Å². The van der Waals surface area contributed by atoms with Crippen molar-refractivity contribution in [1.82, 2.24) is 19.9 Å².